The van der Waals surface area contributed by atoms with Crippen LogP contribution in [0.2, 0.25) is 0 Å². The molecule has 0 aromatic carbocycles. The van der Waals surface area contributed by atoms with Crippen LogP contribution in [0.15, 0.2) is 0 Å². The van der Waals surface area contributed by atoms with Gasteiger partial charge in [0.2, 0.25) is 0 Å². The zero-order chi connectivity index (χ0) is 18.9. The summed E-state index contributed by atoms with van der Waals surface area (Å²) in [5.74, 6) is 0. The van der Waals surface area contributed by atoms with E-state index in [1.54, 1.807) is 0 Å². The molecule has 0 aromatic heterocycles. The highest BCUT2D eigenvalue weighted by Crippen LogP contribution is 2.08. The predicted octanol–water partition coefficient (Wildman–Crippen LogP) is 7.92. The molecule has 0 unspecified atom stereocenters. The van der Waals surface area contributed by atoms with E-state index in [-0.39, 0.29) is 0 Å². The summed E-state index contributed by atoms with van der Waals surface area (Å²) in [7, 11) is -2.87. The van der Waals surface area contributed by atoms with Crippen molar-refractivity contribution in [2.24, 2.45) is 0 Å². The van der Waals surface area contributed by atoms with Crippen molar-refractivity contribution in [3.05, 3.63) is 0 Å². The Morgan fingerprint density at radius 3 is 0.708 bits per heavy atom. The minimum absolute atomic E-state index is 1.37. The van der Waals surface area contributed by atoms with Crippen LogP contribution < -0.4 is 0 Å². The molecule has 2 N–H and O–H groups in total. The average Bonchev–Trinajstić information content (AvgIpc) is 2.54. The summed E-state index contributed by atoms with van der Waals surface area (Å²) in [6, 6.07) is 0. The van der Waals surface area contributed by atoms with Gasteiger partial charge in [-0.1, -0.05) is 130 Å². The molecule has 148 valence electrons. The van der Waals surface area contributed by atoms with Gasteiger partial charge < -0.3 is 0 Å². The van der Waals surface area contributed by atoms with E-state index in [2.05, 4.69) is 27.7 Å². The maximum atomic E-state index is 8.70. The van der Waals surface area contributed by atoms with Gasteiger partial charge in [0, 0.05) is 4.57 Å². The van der Waals surface area contributed by atoms with Crippen molar-refractivity contribution in [2.45, 2.75) is 130 Å². The van der Waals surface area contributed by atoms with Gasteiger partial charge in [-0.15, -0.1) is 9.79 Å². The molecule has 0 atom stereocenters. The standard InChI is InChI=1S/2C10H22.HO3P/c2*1-3-5-7-9-10-8-6-4-2;1-4(2)3/h2*3-10H2,1-2H3;(H-,1,2,3)/p+1. The predicted molar refractivity (Wildman–Crippen MR) is 109 cm³/mol. The third-order valence-electron chi connectivity index (χ3n) is 3.91. The summed E-state index contributed by atoms with van der Waals surface area (Å²) in [5, 5.41) is 0. The van der Waals surface area contributed by atoms with Crippen molar-refractivity contribution in [3.63, 3.8) is 0 Å². The molecule has 0 radical (unpaired) electrons. The molecule has 0 amide bonds. The number of unbranched alkanes of at least 4 members (excludes halogenated alkanes) is 14. The molecule has 0 saturated carbocycles. The second-order valence-electron chi connectivity index (χ2n) is 6.50. The molecule has 0 rings (SSSR count). The van der Waals surface area contributed by atoms with E-state index in [9.17, 15) is 0 Å². The fourth-order valence-corrected chi connectivity index (χ4v) is 2.41. The van der Waals surface area contributed by atoms with Crippen molar-refractivity contribution < 1.29 is 14.4 Å². The molecule has 0 fully saturated rings. The highest BCUT2D eigenvalue weighted by atomic mass is 31.1. The van der Waals surface area contributed by atoms with Crippen LogP contribution in [-0.4, -0.2) is 9.79 Å². The van der Waals surface area contributed by atoms with E-state index < -0.39 is 8.25 Å². The molecular weight excluding hydrogens is 319 g/mol. The Bertz CT molecular complexity index is 175. The van der Waals surface area contributed by atoms with E-state index in [1.807, 2.05) is 0 Å². The van der Waals surface area contributed by atoms with Gasteiger partial charge in [-0.2, -0.15) is 0 Å². The monoisotopic (exact) mass is 365 g/mol. The molecule has 3 nitrogen and oxygen atoms in total. The van der Waals surface area contributed by atoms with Gasteiger partial charge >= 0.3 is 8.25 Å². The van der Waals surface area contributed by atoms with Gasteiger partial charge in [-0.25, -0.2) is 0 Å². The lowest BCUT2D eigenvalue weighted by atomic mass is 10.1. The van der Waals surface area contributed by atoms with Gasteiger partial charge in [0.05, 0.1) is 0 Å². The van der Waals surface area contributed by atoms with E-state index in [0.717, 1.165) is 0 Å². The lowest BCUT2D eigenvalue weighted by Gasteiger charge is -1.97. The SMILES string of the molecule is CCCCCCCCCC.CCCCCCCCCC.O=[P+](O)O. The van der Waals surface area contributed by atoms with Crippen LogP contribution in [0.4, 0.5) is 0 Å². The fourth-order valence-electron chi connectivity index (χ4n) is 2.41. The van der Waals surface area contributed by atoms with Crippen molar-refractivity contribution in [1.82, 2.24) is 0 Å². The Morgan fingerprint density at radius 1 is 0.458 bits per heavy atom. The summed E-state index contributed by atoms with van der Waals surface area (Å²) in [6.07, 6.45) is 22.9. The van der Waals surface area contributed by atoms with E-state index in [0.29, 0.717) is 0 Å². The highest BCUT2D eigenvalue weighted by Gasteiger charge is 1.93. The van der Waals surface area contributed by atoms with Crippen molar-refractivity contribution in [1.29, 1.82) is 0 Å². The zero-order valence-electron chi connectivity index (χ0n) is 17.1. The molecule has 0 heterocycles. The van der Waals surface area contributed by atoms with Crippen LogP contribution in [-0.2, 0) is 4.57 Å². The number of hydrogen-bond acceptors (Lipinski definition) is 1. The third-order valence-corrected chi connectivity index (χ3v) is 3.91. The molecular formula is C20H46O3P+. The largest absolute Gasteiger partial charge is 0.692 e. The quantitative estimate of drug-likeness (QED) is 0.243. The minimum Gasteiger partial charge on any atom is -0.134 e. The van der Waals surface area contributed by atoms with Gasteiger partial charge in [0.15, 0.2) is 0 Å². The van der Waals surface area contributed by atoms with E-state index in [1.165, 1.54) is 103 Å². The third kappa shape index (κ3) is 49.5. The first-order valence-corrected chi connectivity index (χ1v) is 11.6. The molecule has 24 heavy (non-hydrogen) atoms. The van der Waals surface area contributed by atoms with Gasteiger partial charge in [-0.05, 0) is 0 Å². The van der Waals surface area contributed by atoms with Gasteiger partial charge in [0.1, 0.15) is 0 Å². The van der Waals surface area contributed by atoms with Crippen LogP contribution in [0.25, 0.3) is 0 Å². The van der Waals surface area contributed by atoms with Gasteiger partial charge in [0.25, 0.3) is 0 Å². The Balaban J connectivity index is -0.000000301. The lowest BCUT2D eigenvalue weighted by molar-refractivity contribution is 0.405. The molecule has 0 aliphatic rings. The molecule has 0 saturated heterocycles. The van der Waals surface area contributed by atoms with Crippen LogP contribution >= 0.6 is 8.25 Å². The molecule has 0 spiro atoms. The summed E-state index contributed by atoms with van der Waals surface area (Å²) in [6.45, 7) is 9.08. The average molecular weight is 366 g/mol. The lowest BCUT2D eigenvalue weighted by Crippen LogP contribution is -1.77. The summed E-state index contributed by atoms with van der Waals surface area (Å²) in [5.41, 5.74) is 0. The first-order chi connectivity index (χ1) is 11.6. The van der Waals surface area contributed by atoms with E-state index in [4.69, 9.17) is 14.4 Å². The van der Waals surface area contributed by atoms with Crippen LogP contribution in [0.3, 0.4) is 0 Å². The molecule has 0 aliphatic carbocycles. The summed E-state index contributed by atoms with van der Waals surface area (Å²) >= 11 is 0. The van der Waals surface area contributed by atoms with Crippen molar-refractivity contribution >= 4 is 8.25 Å². The van der Waals surface area contributed by atoms with Crippen molar-refractivity contribution in [3.8, 4) is 0 Å². The van der Waals surface area contributed by atoms with Crippen LogP contribution in [0.1, 0.15) is 130 Å². The second-order valence-corrected chi connectivity index (χ2v) is 7.00. The molecule has 4 heteroatoms. The normalized spacial score (nSPS) is 9.58. The Hall–Kier alpha value is 0.0200. The van der Waals surface area contributed by atoms with Crippen molar-refractivity contribution in [2.75, 3.05) is 0 Å². The van der Waals surface area contributed by atoms with E-state index >= 15 is 0 Å². The second kappa shape index (κ2) is 30.9. The first kappa shape index (κ1) is 28.8. The smallest absolute Gasteiger partial charge is 0.134 e. The molecule has 0 bridgehead atoms. The van der Waals surface area contributed by atoms with Crippen LogP contribution in [0.5, 0.6) is 0 Å². The maximum Gasteiger partial charge on any atom is 0.692 e. The molecule has 0 aliphatic heterocycles. The van der Waals surface area contributed by atoms with Gasteiger partial charge in [-0.3, -0.25) is 0 Å². The fraction of sp³-hybridized carbons (Fsp3) is 1.00. The maximum absolute atomic E-state index is 8.70. The van der Waals surface area contributed by atoms with Crippen LogP contribution in [0, 0.1) is 0 Å². The molecule has 0 aromatic rings. The zero-order valence-corrected chi connectivity index (χ0v) is 18.0. The highest BCUT2D eigenvalue weighted by molar-refractivity contribution is 7.30. The Morgan fingerprint density at radius 2 is 0.583 bits per heavy atom. The summed E-state index contributed by atoms with van der Waals surface area (Å²) in [4.78, 5) is 14.2. The Kier molecular flexibility index (Phi) is 37.0. The topological polar surface area (TPSA) is 57.5 Å². The summed E-state index contributed by atoms with van der Waals surface area (Å²) < 4.78 is 8.70. The first-order valence-electron chi connectivity index (χ1n) is 10.4. The minimum atomic E-state index is -2.87. The number of hydrogen-bond donors (Lipinski definition) is 2. The number of rotatable bonds is 14. The Labute approximate surface area is 153 Å².